The van der Waals surface area contributed by atoms with Gasteiger partial charge in [-0.15, -0.1) is 0 Å². The maximum absolute atomic E-state index is 4.06. The molecule has 2 nitrogen and oxygen atoms in total. The van der Waals surface area contributed by atoms with Crippen LogP contribution in [-0.4, -0.2) is 10.9 Å². The molecule has 0 saturated carbocycles. The largest absolute Gasteiger partial charge is 0.338 e. The van der Waals surface area contributed by atoms with E-state index in [0.29, 0.717) is 17.8 Å². The van der Waals surface area contributed by atoms with Crippen molar-refractivity contribution in [2.75, 3.05) is 4.90 Å². The van der Waals surface area contributed by atoms with Gasteiger partial charge < -0.3 is 9.80 Å². The van der Waals surface area contributed by atoms with Crippen LogP contribution in [0.25, 0.3) is 0 Å². The predicted molar refractivity (Wildman–Crippen MR) is 239 cm³/mol. The van der Waals surface area contributed by atoms with Crippen molar-refractivity contribution in [2.45, 2.75) is 76.2 Å². The van der Waals surface area contributed by atoms with E-state index in [4.69, 9.17) is 0 Å². The molecule has 8 rings (SSSR count). The highest BCUT2D eigenvalue weighted by molar-refractivity contribution is 5.63. The van der Waals surface area contributed by atoms with E-state index < -0.39 is 0 Å². The van der Waals surface area contributed by atoms with Crippen molar-refractivity contribution in [3.8, 4) is 0 Å². The summed E-state index contributed by atoms with van der Waals surface area (Å²) in [7, 11) is 0. The highest BCUT2D eigenvalue weighted by Crippen LogP contribution is 2.39. The molecule has 0 saturated heterocycles. The van der Waals surface area contributed by atoms with Gasteiger partial charge in [-0.3, -0.25) is 0 Å². The fraction of sp³-hybridized carbons (Fsp3) is 0.259. The second-order valence-corrected chi connectivity index (χ2v) is 15.7. The van der Waals surface area contributed by atoms with E-state index in [1.807, 2.05) is 18.2 Å². The van der Waals surface area contributed by atoms with E-state index >= 15 is 0 Å². The normalized spacial score (nSPS) is 25.6. The van der Waals surface area contributed by atoms with Crippen molar-refractivity contribution >= 4 is 5.69 Å². The zero-order chi connectivity index (χ0) is 38.1. The SMILES string of the molecule is C=CC=C(C=C)C1=CCC(N(C2=CCC(C3=CCCC=C3)C=C2)C2=CC=C(N(C3=CCC(C4=CCCC=C4)C=C3)c3ccc(C4C=CC=CC4)cc3)CC2)C=C1. The molecule has 0 bridgehead atoms. The zero-order valence-electron chi connectivity index (χ0n) is 32.9. The Morgan fingerprint density at radius 3 is 1.82 bits per heavy atom. The molecule has 0 heterocycles. The van der Waals surface area contributed by atoms with E-state index in [0.717, 1.165) is 69.8 Å². The average Bonchev–Trinajstić information content (AvgIpc) is 3.28. The van der Waals surface area contributed by atoms with Gasteiger partial charge in [-0.05, 0) is 129 Å². The molecule has 0 aromatic heterocycles. The summed E-state index contributed by atoms with van der Waals surface area (Å²) in [5.41, 5.74) is 13.1. The lowest BCUT2D eigenvalue weighted by molar-refractivity contribution is 0.353. The monoisotopic (exact) mass is 732 g/mol. The Balaban J connectivity index is 1.10. The van der Waals surface area contributed by atoms with Gasteiger partial charge in [-0.1, -0.05) is 147 Å². The number of allylic oxidation sites excluding steroid dienone is 28. The average molecular weight is 733 g/mol. The van der Waals surface area contributed by atoms with Crippen molar-refractivity contribution < 1.29 is 0 Å². The van der Waals surface area contributed by atoms with E-state index in [9.17, 15) is 0 Å². The van der Waals surface area contributed by atoms with Crippen molar-refractivity contribution in [1.29, 1.82) is 0 Å². The predicted octanol–water partition coefficient (Wildman–Crippen LogP) is 14.0. The Labute approximate surface area is 336 Å². The first-order valence-electron chi connectivity index (χ1n) is 20.9. The van der Waals surface area contributed by atoms with E-state index in [1.165, 1.54) is 50.8 Å². The number of hydrogen-bond acceptors (Lipinski definition) is 2. The van der Waals surface area contributed by atoms with Gasteiger partial charge in [0.05, 0.1) is 6.04 Å². The molecule has 0 fully saturated rings. The smallest absolute Gasteiger partial charge is 0.0557 e. The summed E-state index contributed by atoms with van der Waals surface area (Å²) in [6.07, 6.45) is 65.9. The van der Waals surface area contributed by atoms with Crippen LogP contribution in [-0.2, 0) is 0 Å². The lowest BCUT2D eigenvalue weighted by Gasteiger charge is -2.39. The van der Waals surface area contributed by atoms with Crippen LogP contribution < -0.4 is 4.90 Å². The fourth-order valence-corrected chi connectivity index (χ4v) is 9.05. The molecule has 7 aliphatic carbocycles. The van der Waals surface area contributed by atoms with Gasteiger partial charge in [0, 0.05) is 46.2 Å². The van der Waals surface area contributed by atoms with Gasteiger partial charge in [0.25, 0.3) is 0 Å². The summed E-state index contributed by atoms with van der Waals surface area (Å²) in [5.74, 6) is 1.33. The third-order valence-electron chi connectivity index (χ3n) is 12.1. The zero-order valence-corrected chi connectivity index (χ0v) is 32.9. The Kier molecular flexibility index (Phi) is 11.9. The van der Waals surface area contributed by atoms with Crippen LogP contribution in [0.3, 0.4) is 0 Å². The van der Waals surface area contributed by atoms with Gasteiger partial charge >= 0.3 is 0 Å². The van der Waals surface area contributed by atoms with Crippen LogP contribution in [0.2, 0.25) is 0 Å². The summed E-state index contributed by atoms with van der Waals surface area (Å²) in [6, 6.07) is 9.57. The molecule has 4 atom stereocenters. The lowest BCUT2D eigenvalue weighted by Crippen LogP contribution is -2.34. The minimum atomic E-state index is 0.229. The molecule has 0 spiro atoms. The topological polar surface area (TPSA) is 6.48 Å². The van der Waals surface area contributed by atoms with Crippen LogP contribution in [0.5, 0.6) is 0 Å². The fourth-order valence-electron chi connectivity index (χ4n) is 9.05. The number of anilines is 1. The van der Waals surface area contributed by atoms with E-state index in [-0.39, 0.29) is 6.04 Å². The first kappa shape index (κ1) is 37.3. The van der Waals surface area contributed by atoms with Crippen LogP contribution in [0, 0.1) is 11.8 Å². The molecule has 7 aliphatic rings. The molecule has 1 aromatic carbocycles. The molecule has 56 heavy (non-hydrogen) atoms. The standard InChI is InChI=1S/C54H56N2/c1-3-14-41(4-2)45-21-29-49(30-22-45)55(50-31-23-46(24-32-50)42-15-8-5-9-16-42)53-37-39-54(40-38-53)56(51-33-25-47(26-34-51)43-17-10-6-11-18-43)52-35-27-48(28-36-52)44-19-12-7-13-20-44/h3-4,6,8,10-12,14-17,19-23,25-27,29,31-37,39,43,46,48-49H,1-2,5,7,9,13,18,24,28,30,38,40H2. The first-order valence-corrected chi connectivity index (χ1v) is 20.9. The van der Waals surface area contributed by atoms with Crippen molar-refractivity contribution in [1.82, 2.24) is 4.90 Å². The second-order valence-electron chi connectivity index (χ2n) is 15.7. The van der Waals surface area contributed by atoms with Crippen LogP contribution >= 0.6 is 0 Å². The van der Waals surface area contributed by atoms with Crippen LogP contribution in [0.4, 0.5) is 5.69 Å². The van der Waals surface area contributed by atoms with Crippen LogP contribution in [0.1, 0.15) is 75.7 Å². The molecule has 0 N–H and O–H groups in total. The lowest BCUT2D eigenvalue weighted by atomic mass is 9.87. The minimum Gasteiger partial charge on any atom is -0.338 e. The molecule has 0 aliphatic heterocycles. The van der Waals surface area contributed by atoms with Gasteiger partial charge in [0.2, 0.25) is 0 Å². The van der Waals surface area contributed by atoms with E-state index in [1.54, 1.807) is 0 Å². The number of rotatable bonds is 12. The van der Waals surface area contributed by atoms with Gasteiger partial charge in [-0.25, -0.2) is 0 Å². The van der Waals surface area contributed by atoms with Crippen molar-refractivity contribution in [3.05, 3.63) is 234 Å². The van der Waals surface area contributed by atoms with Crippen molar-refractivity contribution in [3.63, 3.8) is 0 Å². The van der Waals surface area contributed by atoms with E-state index in [2.05, 4.69) is 175 Å². The molecule has 4 unspecified atom stereocenters. The number of hydrogen-bond donors (Lipinski definition) is 0. The highest BCUT2D eigenvalue weighted by Gasteiger charge is 2.28. The molecule has 1 aromatic rings. The van der Waals surface area contributed by atoms with Crippen LogP contribution in [0.15, 0.2) is 228 Å². The third-order valence-corrected chi connectivity index (χ3v) is 12.1. The molecule has 282 valence electrons. The minimum absolute atomic E-state index is 0.229. The second kappa shape index (κ2) is 17.9. The quantitative estimate of drug-likeness (QED) is 0.197. The van der Waals surface area contributed by atoms with Crippen molar-refractivity contribution in [2.24, 2.45) is 11.8 Å². The Morgan fingerprint density at radius 2 is 1.29 bits per heavy atom. The van der Waals surface area contributed by atoms with Gasteiger partial charge in [0.15, 0.2) is 0 Å². The molecule has 2 heteroatoms. The highest BCUT2D eigenvalue weighted by atomic mass is 15.2. The molecule has 0 radical (unpaired) electrons. The summed E-state index contributed by atoms with van der Waals surface area (Å²) >= 11 is 0. The molecular weight excluding hydrogens is 677 g/mol. The van der Waals surface area contributed by atoms with Gasteiger partial charge in [-0.2, -0.15) is 0 Å². The summed E-state index contributed by atoms with van der Waals surface area (Å²) in [4.78, 5) is 5.13. The summed E-state index contributed by atoms with van der Waals surface area (Å²) in [6.45, 7) is 7.98. The summed E-state index contributed by atoms with van der Waals surface area (Å²) in [5, 5.41) is 0. The molecule has 0 amide bonds. The third kappa shape index (κ3) is 8.46. The maximum atomic E-state index is 4.06. The maximum Gasteiger partial charge on any atom is 0.0557 e. The Hall–Kier alpha value is -5.60. The van der Waals surface area contributed by atoms with Gasteiger partial charge in [0.1, 0.15) is 0 Å². The first-order chi connectivity index (χ1) is 27.7. The number of benzene rings is 1. The summed E-state index contributed by atoms with van der Waals surface area (Å²) < 4.78 is 0. The Bertz CT molecular complexity index is 2150. The molecular formula is C54H56N2. The Morgan fingerprint density at radius 1 is 0.589 bits per heavy atom. The number of nitrogens with zero attached hydrogens (tertiary/aromatic N) is 2.